The quantitative estimate of drug-likeness (QED) is 0.588. The van der Waals surface area contributed by atoms with Crippen molar-refractivity contribution in [3.8, 4) is 5.75 Å². The molecule has 2 N–H and O–H groups in total. The zero-order valence-electron chi connectivity index (χ0n) is 11.7. The molecule has 0 bridgehead atoms. The Balaban J connectivity index is 3.01. The number of carbonyl (C=O) groups is 1. The van der Waals surface area contributed by atoms with Gasteiger partial charge in [0.25, 0.3) is 5.69 Å². The number of benzene rings is 1. The minimum Gasteiger partial charge on any atom is -0.497 e. The first kappa shape index (κ1) is 15.7. The molecule has 0 aliphatic rings. The van der Waals surface area contributed by atoms with Crippen LogP contribution >= 0.6 is 0 Å². The number of nitrogens with one attached hydrogen (secondary N) is 1. The molecule has 1 aromatic rings. The molecule has 0 saturated heterocycles. The van der Waals surface area contributed by atoms with E-state index in [9.17, 15) is 20.0 Å². The van der Waals surface area contributed by atoms with Gasteiger partial charge in [0.2, 0.25) is 0 Å². The standard InChI is InChI=1S/C13H18N2O5/c1-4-13(2,12(16)17)8-14-10-7-9(20-3)5-6-11(10)15(18)19/h5-7,14H,4,8H2,1-3H3,(H,16,17). The van der Waals surface area contributed by atoms with Crippen molar-refractivity contribution in [2.45, 2.75) is 20.3 Å². The van der Waals surface area contributed by atoms with Gasteiger partial charge in [-0.15, -0.1) is 0 Å². The van der Waals surface area contributed by atoms with Crippen molar-refractivity contribution >= 4 is 17.3 Å². The summed E-state index contributed by atoms with van der Waals surface area (Å²) in [7, 11) is 1.46. The van der Waals surface area contributed by atoms with Crippen LogP contribution in [0.25, 0.3) is 0 Å². The maximum Gasteiger partial charge on any atom is 0.311 e. The van der Waals surface area contributed by atoms with Crippen LogP contribution in [0.5, 0.6) is 5.75 Å². The van der Waals surface area contributed by atoms with Crippen LogP contribution in [0.15, 0.2) is 18.2 Å². The van der Waals surface area contributed by atoms with Crippen LogP contribution in [0.2, 0.25) is 0 Å². The Bertz CT molecular complexity index is 517. The van der Waals surface area contributed by atoms with Gasteiger partial charge in [-0.2, -0.15) is 0 Å². The Morgan fingerprint density at radius 2 is 2.20 bits per heavy atom. The lowest BCUT2D eigenvalue weighted by Gasteiger charge is -2.23. The van der Waals surface area contributed by atoms with Crippen molar-refractivity contribution in [3.63, 3.8) is 0 Å². The van der Waals surface area contributed by atoms with Gasteiger partial charge in [-0.05, 0) is 19.4 Å². The second-order valence-electron chi connectivity index (χ2n) is 4.71. The summed E-state index contributed by atoms with van der Waals surface area (Å²) in [6.45, 7) is 3.44. The summed E-state index contributed by atoms with van der Waals surface area (Å²) < 4.78 is 5.02. The Labute approximate surface area is 116 Å². The van der Waals surface area contributed by atoms with Crippen molar-refractivity contribution in [3.05, 3.63) is 28.3 Å². The number of nitrogens with zero attached hydrogens (tertiary/aromatic N) is 1. The maximum atomic E-state index is 11.2. The summed E-state index contributed by atoms with van der Waals surface area (Å²) in [5.74, 6) is -0.482. The number of hydrogen-bond donors (Lipinski definition) is 2. The molecule has 0 spiro atoms. The zero-order chi connectivity index (χ0) is 15.3. The van der Waals surface area contributed by atoms with E-state index in [0.29, 0.717) is 12.2 Å². The van der Waals surface area contributed by atoms with E-state index in [2.05, 4.69) is 5.32 Å². The Hall–Kier alpha value is -2.31. The molecule has 1 unspecified atom stereocenters. The molecule has 0 amide bonds. The smallest absolute Gasteiger partial charge is 0.311 e. The predicted molar refractivity (Wildman–Crippen MR) is 74.2 cm³/mol. The van der Waals surface area contributed by atoms with Crippen LogP contribution in [0.1, 0.15) is 20.3 Å². The Morgan fingerprint density at radius 1 is 1.55 bits per heavy atom. The lowest BCUT2D eigenvalue weighted by atomic mass is 9.87. The summed E-state index contributed by atoms with van der Waals surface area (Å²) in [5, 5.41) is 23.0. The van der Waals surface area contributed by atoms with E-state index in [-0.39, 0.29) is 17.9 Å². The molecular formula is C13H18N2O5. The van der Waals surface area contributed by atoms with Gasteiger partial charge in [0, 0.05) is 18.7 Å². The van der Waals surface area contributed by atoms with Crippen molar-refractivity contribution in [1.82, 2.24) is 0 Å². The fourth-order valence-electron chi connectivity index (χ4n) is 1.59. The average molecular weight is 282 g/mol. The second kappa shape index (κ2) is 6.23. The molecule has 7 nitrogen and oxygen atoms in total. The van der Waals surface area contributed by atoms with Gasteiger partial charge in [-0.3, -0.25) is 14.9 Å². The monoisotopic (exact) mass is 282 g/mol. The van der Waals surface area contributed by atoms with Gasteiger partial charge >= 0.3 is 5.97 Å². The molecule has 0 radical (unpaired) electrons. The summed E-state index contributed by atoms with van der Waals surface area (Å²) in [5.41, 5.74) is -0.860. The Kier molecular flexibility index (Phi) is 4.90. The molecule has 0 saturated carbocycles. The fourth-order valence-corrected chi connectivity index (χ4v) is 1.59. The van der Waals surface area contributed by atoms with E-state index in [1.165, 1.54) is 25.3 Å². The number of ether oxygens (including phenoxy) is 1. The minimum absolute atomic E-state index is 0.0901. The number of aliphatic carboxylic acids is 1. The van der Waals surface area contributed by atoms with Gasteiger partial charge in [-0.25, -0.2) is 0 Å². The molecule has 0 fully saturated rings. The Morgan fingerprint density at radius 3 is 2.65 bits per heavy atom. The summed E-state index contributed by atoms with van der Waals surface area (Å²) >= 11 is 0. The molecular weight excluding hydrogens is 264 g/mol. The van der Waals surface area contributed by atoms with E-state index in [1.54, 1.807) is 13.8 Å². The highest BCUT2D eigenvalue weighted by Gasteiger charge is 2.31. The van der Waals surface area contributed by atoms with Gasteiger partial charge in [0.05, 0.1) is 17.4 Å². The SMILES string of the molecule is CCC(C)(CNc1cc(OC)ccc1[N+](=O)[O-])C(=O)O. The molecule has 1 atom stereocenters. The number of nitro groups is 1. The number of hydrogen-bond acceptors (Lipinski definition) is 5. The molecule has 20 heavy (non-hydrogen) atoms. The second-order valence-corrected chi connectivity index (χ2v) is 4.71. The third-order valence-electron chi connectivity index (χ3n) is 3.37. The normalized spacial score (nSPS) is 13.3. The highest BCUT2D eigenvalue weighted by atomic mass is 16.6. The number of anilines is 1. The maximum absolute atomic E-state index is 11.2. The number of carboxylic acid groups (broad SMARTS) is 1. The lowest BCUT2D eigenvalue weighted by molar-refractivity contribution is -0.384. The van der Waals surface area contributed by atoms with Crippen LogP contribution in [0.4, 0.5) is 11.4 Å². The van der Waals surface area contributed by atoms with Crippen LogP contribution < -0.4 is 10.1 Å². The van der Waals surface area contributed by atoms with E-state index >= 15 is 0 Å². The topological polar surface area (TPSA) is 102 Å². The molecule has 0 aromatic heterocycles. The number of rotatable bonds is 7. The largest absolute Gasteiger partial charge is 0.497 e. The van der Waals surface area contributed by atoms with Gasteiger partial charge in [0.1, 0.15) is 11.4 Å². The van der Waals surface area contributed by atoms with Crippen LogP contribution in [0, 0.1) is 15.5 Å². The first-order chi connectivity index (χ1) is 9.34. The number of methoxy groups -OCH3 is 1. The van der Waals surface area contributed by atoms with Gasteiger partial charge in [-0.1, -0.05) is 6.92 Å². The predicted octanol–water partition coefficient (Wildman–Crippen LogP) is 2.52. The van der Waals surface area contributed by atoms with E-state index in [4.69, 9.17) is 4.74 Å². The summed E-state index contributed by atoms with van der Waals surface area (Å²) in [4.78, 5) is 21.7. The van der Waals surface area contributed by atoms with E-state index < -0.39 is 16.3 Å². The molecule has 0 aliphatic heterocycles. The first-order valence-electron chi connectivity index (χ1n) is 6.13. The fraction of sp³-hybridized carbons (Fsp3) is 0.462. The van der Waals surface area contributed by atoms with Crippen LogP contribution in [-0.4, -0.2) is 29.7 Å². The van der Waals surface area contributed by atoms with E-state index in [0.717, 1.165) is 0 Å². The van der Waals surface area contributed by atoms with Gasteiger partial charge < -0.3 is 15.2 Å². The third kappa shape index (κ3) is 3.37. The van der Waals surface area contributed by atoms with Gasteiger partial charge in [0.15, 0.2) is 0 Å². The minimum atomic E-state index is -0.989. The van der Waals surface area contributed by atoms with Crippen molar-refractivity contribution < 1.29 is 19.6 Å². The first-order valence-corrected chi connectivity index (χ1v) is 6.13. The van der Waals surface area contributed by atoms with Crippen LogP contribution in [-0.2, 0) is 4.79 Å². The van der Waals surface area contributed by atoms with Crippen molar-refractivity contribution in [2.24, 2.45) is 5.41 Å². The molecule has 0 heterocycles. The molecule has 1 rings (SSSR count). The van der Waals surface area contributed by atoms with Crippen LogP contribution in [0.3, 0.4) is 0 Å². The average Bonchev–Trinajstić information content (AvgIpc) is 2.43. The highest BCUT2D eigenvalue weighted by molar-refractivity contribution is 5.75. The summed E-state index contributed by atoms with van der Waals surface area (Å²) in [6, 6.07) is 4.29. The number of carboxylic acids is 1. The summed E-state index contributed by atoms with van der Waals surface area (Å²) in [6.07, 6.45) is 0.410. The third-order valence-corrected chi connectivity index (χ3v) is 3.37. The molecule has 1 aromatic carbocycles. The van der Waals surface area contributed by atoms with Crippen molar-refractivity contribution in [1.29, 1.82) is 0 Å². The van der Waals surface area contributed by atoms with Crippen molar-refractivity contribution in [2.75, 3.05) is 19.0 Å². The zero-order valence-corrected chi connectivity index (χ0v) is 11.7. The van der Waals surface area contributed by atoms with E-state index in [1.807, 2.05) is 0 Å². The molecule has 110 valence electrons. The molecule has 0 aliphatic carbocycles. The number of nitro benzene ring substituents is 1. The highest BCUT2D eigenvalue weighted by Crippen LogP contribution is 2.30. The lowest BCUT2D eigenvalue weighted by Crippen LogP contribution is -2.34. The molecule has 7 heteroatoms.